The van der Waals surface area contributed by atoms with Crippen molar-refractivity contribution >= 4 is 41.5 Å². The van der Waals surface area contributed by atoms with Crippen LogP contribution in [-0.2, 0) is 10.4 Å². The molecule has 37 heavy (non-hydrogen) atoms. The molecule has 5 nitrogen and oxygen atoms in total. The fourth-order valence-electron chi connectivity index (χ4n) is 4.86. The van der Waals surface area contributed by atoms with Gasteiger partial charge in [-0.2, -0.15) is 0 Å². The lowest BCUT2D eigenvalue weighted by molar-refractivity contribution is -0.131. The number of benzene rings is 3. The molecule has 1 aliphatic rings. The highest BCUT2D eigenvalue weighted by Gasteiger charge is 2.34. The number of rotatable bonds is 8. The number of nitrogens with zero attached hydrogens (tertiary/aromatic N) is 2. The van der Waals surface area contributed by atoms with E-state index in [4.69, 9.17) is 27.9 Å². The number of likely N-dealkylation sites (tertiary alicyclic amines) is 1. The van der Waals surface area contributed by atoms with E-state index in [0.717, 1.165) is 36.3 Å². The number of para-hydroxylation sites is 1. The zero-order valence-electron chi connectivity index (χ0n) is 21.1. The molecule has 0 aliphatic carbocycles. The van der Waals surface area contributed by atoms with Crippen molar-refractivity contribution in [3.05, 3.63) is 99.5 Å². The average Bonchev–Trinajstić information content (AvgIpc) is 2.91. The van der Waals surface area contributed by atoms with Gasteiger partial charge in [-0.25, -0.2) is 0 Å². The van der Waals surface area contributed by atoms with Gasteiger partial charge in [-0.3, -0.25) is 4.79 Å². The van der Waals surface area contributed by atoms with E-state index >= 15 is 0 Å². The van der Waals surface area contributed by atoms with E-state index in [2.05, 4.69) is 4.90 Å². The van der Waals surface area contributed by atoms with Gasteiger partial charge in [-0.15, -0.1) is 12.4 Å². The lowest BCUT2D eigenvalue weighted by atomic mass is 9.84. The Morgan fingerprint density at radius 2 is 1.68 bits per heavy atom. The van der Waals surface area contributed by atoms with Gasteiger partial charge in [-0.1, -0.05) is 77.8 Å². The molecule has 4 rings (SSSR count). The first-order valence-electron chi connectivity index (χ1n) is 12.2. The van der Waals surface area contributed by atoms with Gasteiger partial charge in [0.2, 0.25) is 5.91 Å². The molecule has 198 valence electrons. The number of methoxy groups -OCH3 is 1. The van der Waals surface area contributed by atoms with E-state index in [1.807, 2.05) is 67.7 Å². The van der Waals surface area contributed by atoms with Gasteiger partial charge in [0.05, 0.1) is 28.7 Å². The Kier molecular flexibility index (Phi) is 10.3. The summed E-state index contributed by atoms with van der Waals surface area (Å²) in [6, 6.07) is 22.7. The zero-order valence-corrected chi connectivity index (χ0v) is 23.4. The molecule has 1 N–H and O–H groups in total. The van der Waals surface area contributed by atoms with Crippen LogP contribution < -0.4 is 4.74 Å². The second-order valence-electron chi connectivity index (χ2n) is 9.35. The van der Waals surface area contributed by atoms with Crippen molar-refractivity contribution in [2.75, 3.05) is 40.3 Å². The van der Waals surface area contributed by atoms with E-state index in [0.29, 0.717) is 35.2 Å². The first kappa shape index (κ1) is 29.3. The van der Waals surface area contributed by atoms with Crippen LogP contribution in [0.2, 0.25) is 10.0 Å². The molecule has 1 unspecified atom stereocenters. The Morgan fingerprint density at radius 1 is 1.03 bits per heavy atom. The summed E-state index contributed by atoms with van der Waals surface area (Å²) < 4.78 is 5.58. The molecule has 1 atom stereocenters. The van der Waals surface area contributed by atoms with E-state index in [9.17, 15) is 9.90 Å². The normalized spacial score (nSPS) is 15.9. The molecule has 3 aromatic carbocycles. The maximum Gasteiger partial charge on any atom is 0.234 e. The van der Waals surface area contributed by atoms with Gasteiger partial charge in [0, 0.05) is 38.8 Å². The predicted octanol–water partition coefficient (Wildman–Crippen LogP) is 6.00. The molecule has 0 saturated carbocycles. The van der Waals surface area contributed by atoms with Crippen molar-refractivity contribution in [3.63, 3.8) is 0 Å². The Bertz CT molecular complexity index is 1180. The number of hydrogen-bond donors (Lipinski definition) is 1. The third-order valence-corrected chi connectivity index (χ3v) is 7.84. The summed E-state index contributed by atoms with van der Waals surface area (Å²) in [6.07, 6.45) is 1.34. The lowest BCUT2D eigenvalue weighted by Crippen LogP contribution is -2.45. The van der Waals surface area contributed by atoms with Crippen molar-refractivity contribution < 1.29 is 14.6 Å². The Hall–Kier alpha value is -2.28. The van der Waals surface area contributed by atoms with Gasteiger partial charge in [0.15, 0.2) is 0 Å². The quantitative estimate of drug-likeness (QED) is 0.365. The molecule has 0 radical (unpaired) electrons. The summed E-state index contributed by atoms with van der Waals surface area (Å²) in [7, 11) is 3.43. The molecule has 1 saturated heterocycles. The van der Waals surface area contributed by atoms with E-state index in [-0.39, 0.29) is 18.3 Å². The van der Waals surface area contributed by atoms with E-state index in [1.165, 1.54) is 0 Å². The molecule has 3 aromatic rings. The number of ether oxygens (including phenoxy) is 1. The Balaban J connectivity index is 0.00000380. The summed E-state index contributed by atoms with van der Waals surface area (Å²) in [6.45, 7) is 2.84. The van der Waals surface area contributed by atoms with Gasteiger partial charge < -0.3 is 19.6 Å². The Labute approximate surface area is 235 Å². The third-order valence-electron chi connectivity index (χ3n) is 7.10. The maximum absolute atomic E-state index is 13.8. The minimum absolute atomic E-state index is 0. The lowest BCUT2D eigenvalue weighted by Gasteiger charge is -2.39. The molecule has 1 aliphatic heterocycles. The monoisotopic (exact) mass is 562 g/mol. The standard InChI is InChI=1S/C29H32Cl2N2O3.ClH/c1-32(18-19-33-16-14-29(35,15-17-33)22-8-4-3-5-9-22)28(34)27(21-12-13-24(30)25(31)20-21)23-10-6-7-11-26(23)36-2;/h3-13,20,27,35H,14-19H2,1-2H3;1H. The summed E-state index contributed by atoms with van der Waals surface area (Å²) in [5.74, 6) is 0.0210. The first-order valence-corrected chi connectivity index (χ1v) is 12.9. The number of halogens is 3. The number of hydrogen-bond acceptors (Lipinski definition) is 4. The Morgan fingerprint density at radius 3 is 2.32 bits per heavy atom. The summed E-state index contributed by atoms with van der Waals surface area (Å²) in [4.78, 5) is 17.9. The summed E-state index contributed by atoms with van der Waals surface area (Å²) in [5, 5.41) is 12.0. The van der Waals surface area contributed by atoms with E-state index in [1.54, 1.807) is 24.1 Å². The van der Waals surface area contributed by atoms with Gasteiger partial charge in [0.25, 0.3) is 0 Å². The SMILES string of the molecule is COc1ccccc1C(C(=O)N(C)CCN1CCC(O)(c2ccccc2)CC1)c1ccc(Cl)c(Cl)c1.Cl. The van der Waals surface area contributed by atoms with Crippen LogP contribution in [0.3, 0.4) is 0 Å². The van der Waals surface area contributed by atoms with Crippen LogP contribution >= 0.6 is 35.6 Å². The fourth-order valence-corrected chi connectivity index (χ4v) is 5.16. The zero-order chi connectivity index (χ0) is 25.7. The van der Waals surface area contributed by atoms with Crippen LogP contribution in [0.4, 0.5) is 0 Å². The molecule has 0 spiro atoms. The highest BCUT2D eigenvalue weighted by atomic mass is 35.5. The third kappa shape index (κ3) is 6.78. The fraction of sp³-hybridized carbons (Fsp3) is 0.345. The number of aliphatic hydroxyl groups is 1. The average molecular weight is 564 g/mol. The minimum atomic E-state index is -0.789. The predicted molar refractivity (Wildman–Crippen MR) is 152 cm³/mol. The number of piperidine rings is 1. The molecule has 0 aromatic heterocycles. The molecular formula is C29H33Cl3N2O3. The second-order valence-corrected chi connectivity index (χ2v) is 10.2. The molecule has 1 fully saturated rings. The van der Waals surface area contributed by atoms with Crippen LogP contribution in [0, 0.1) is 0 Å². The van der Waals surface area contributed by atoms with Crippen LogP contribution in [0.5, 0.6) is 5.75 Å². The summed E-state index contributed by atoms with van der Waals surface area (Å²) in [5.41, 5.74) is 1.72. The van der Waals surface area contributed by atoms with Crippen molar-refractivity contribution in [3.8, 4) is 5.75 Å². The van der Waals surface area contributed by atoms with Crippen LogP contribution in [-0.4, -0.2) is 61.2 Å². The maximum atomic E-state index is 13.8. The van der Waals surface area contributed by atoms with Crippen LogP contribution in [0.1, 0.15) is 35.4 Å². The molecule has 1 heterocycles. The largest absolute Gasteiger partial charge is 0.496 e. The highest BCUT2D eigenvalue weighted by Crippen LogP contribution is 2.36. The number of carbonyl (C=O) groups is 1. The minimum Gasteiger partial charge on any atom is -0.496 e. The van der Waals surface area contributed by atoms with E-state index < -0.39 is 11.5 Å². The van der Waals surface area contributed by atoms with Crippen molar-refractivity contribution in [1.29, 1.82) is 0 Å². The van der Waals surface area contributed by atoms with Crippen LogP contribution in [0.15, 0.2) is 72.8 Å². The summed E-state index contributed by atoms with van der Waals surface area (Å²) >= 11 is 12.5. The topological polar surface area (TPSA) is 53.0 Å². The van der Waals surface area contributed by atoms with Gasteiger partial charge >= 0.3 is 0 Å². The van der Waals surface area contributed by atoms with Crippen LogP contribution in [0.25, 0.3) is 0 Å². The number of likely N-dealkylation sites (N-methyl/N-ethyl adjacent to an activating group) is 1. The number of carbonyl (C=O) groups excluding carboxylic acids is 1. The van der Waals surface area contributed by atoms with Crippen molar-refractivity contribution in [2.24, 2.45) is 0 Å². The first-order chi connectivity index (χ1) is 17.3. The van der Waals surface area contributed by atoms with Crippen molar-refractivity contribution in [2.45, 2.75) is 24.4 Å². The highest BCUT2D eigenvalue weighted by molar-refractivity contribution is 6.42. The smallest absolute Gasteiger partial charge is 0.234 e. The molecule has 0 bridgehead atoms. The van der Waals surface area contributed by atoms with Gasteiger partial charge in [-0.05, 0) is 42.2 Å². The molecular weight excluding hydrogens is 531 g/mol. The molecule has 1 amide bonds. The van der Waals surface area contributed by atoms with Gasteiger partial charge in [0.1, 0.15) is 5.75 Å². The number of amides is 1. The molecule has 8 heteroatoms. The van der Waals surface area contributed by atoms with Crippen molar-refractivity contribution in [1.82, 2.24) is 9.80 Å². The second kappa shape index (κ2) is 13.0.